The molecule has 3 aliphatic heterocycles. The third-order valence-corrected chi connectivity index (χ3v) is 13.0. The Bertz CT molecular complexity index is 2510. The second kappa shape index (κ2) is 21.6. The maximum Gasteiger partial charge on any atom is 0.323 e. The van der Waals surface area contributed by atoms with Crippen LogP contribution >= 0.6 is 46.4 Å². The van der Waals surface area contributed by atoms with Crippen molar-refractivity contribution in [1.82, 2.24) is 5.32 Å². The lowest BCUT2D eigenvalue weighted by molar-refractivity contribution is -0.146. The Morgan fingerprint density at radius 3 is 2.00 bits per heavy atom. The van der Waals surface area contributed by atoms with Gasteiger partial charge >= 0.3 is 11.9 Å². The summed E-state index contributed by atoms with van der Waals surface area (Å²) in [6.45, 7) is 4.04. The number of rotatable bonds is 6. The van der Waals surface area contributed by atoms with Crippen LogP contribution in [0.5, 0.6) is 0 Å². The number of ether oxygens (including phenoxy) is 2. The van der Waals surface area contributed by atoms with E-state index in [-0.39, 0.29) is 52.1 Å². The predicted octanol–water partition coefficient (Wildman–Crippen LogP) is 10.2. The van der Waals surface area contributed by atoms with Crippen molar-refractivity contribution >= 4 is 99.0 Å². The number of halogens is 6. The average Bonchev–Trinajstić information content (AvgIpc) is 4.12. The van der Waals surface area contributed by atoms with Gasteiger partial charge in [-0.3, -0.25) is 29.3 Å². The molecule has 2 amide bonds. The van der Waals surface area contributed by atoms with Crippen LogP contribution in [-0.2, 0) is 38.9 Å². The van der Waals surface area contributed by atoms with Crippen molar-refractivity contribution in [2.24, 2.45) is 5.73 Å². The van der Waals surface area contributed by atoms with Gasteiger partial charge in [-0.1, -0.05) is 95.6 Å². The number of hydrogen-bond acceptors (Lipinski definition) is 9. The van der Waals surface area contributed by atoms with Crippen molar-refractivity contribution in [1.29, 1.82) is 0 Å². The second-order valence-electron chi connectivity index (χ2n) is 15.8. The van der Waals surface area contributed by atoms with E-state index >= 15 is 4.39 Å². The molecule has 0 aromatic heterocycles. The minimum absolute atomic E-state index is 0.0200. The lowest BCUT2D eigenvalue weighted by Gasteiger charge is -2.42. The molecule has 5 aliphatic rings. The molecule has 3 atom stereocenters. The van der Waals surface area contributed by atoms with Crippen molar-refractivity contribution in [3.63, 3.8) is 0 Å². The number of Topliss-reactive ketones (excluding diaryl/α,β-unsaturated/α-hetero) is 1. The molecule has 3 heterocycles. The highest BCUT2D eigenvalue weighted by atomic mass is 35.5. The summed E-state index contributed by atoms with van der Waals surface area (Å²) < 4.78 is 39.2. The Balaban J connectivity index is 0.000000178. The number of amides is 2. The van der Waals surface area contributed by atoms with Gasteiger partial charge in [-0.25, -0.2) is 8.78 Å². The minimum Gasteiger partial charge on any atom is -0.465 e. The van der Waals surface area contributed by atoms with E-state index in [1.807, 2.05) is 6.07 Å². The SMILES string of the molecule is CCOC(=O)CN.CCOC(=O)[C@@H]1NC2(CCCC2)[C@@]2(C(=O)Nc3cc(Cl)ccc32)[C@H]1c1cccc(Cl)c1F.O=C1CCCC1.O=C1Nc2cc(Cl)ccc2C1=Cc1cccc(Cl)c1F. The lowest BCUT2D eigenvalue weighted by Crippen LogP contribution is -2.57. The number of carbonyl (C=O) groups excluding carboxylic acids is 5. The normalized spacial score (nSPS) is 21.3. The first-order chi connectivity index (χ1) is 31.1. The fourth-order valence-electron chi connectivity index (χ4n) is 9.34. The zero-order valence-corrected chi connectivity index (χ0v) is 38.7. The first-order valence-corrected chi connectivity index (χ1v) is 22.8. The molecule has 9 rings (SSSR count). The number of hydrogen-bond donors (Lipinski definition) is 4. The smallest absolute Gasteiger partial charge is 0.323 e. The molecule has 1 saturated heterocycles. The number of esters is 2. The van der Waals surface area contributed by atoms with Crippen LogP contribution in [0.2, 0.25) is 20.1 Å². The fraction of sp³-hybridized carbons (Fsp3) is 0.354. The summed E-state index contributed by atoms with van der Waals surface area (Å²) in [5, 5.41) is 10.1. The third kappa shape index (κ3) is 10.3. The molecule has 0 radical (unpaired) electrons. The van der Waals surface area contributed by atoms with Gasteiger partial charge in [0, 0.05) is 56.7 Å². The van der Waals surface area contributed by atoms with Crippen LogP contribution in [0.1, 0.15) is 93.4 Å². The molecule has 4 aromatic carbocycles. The minimum atomic E-state index is -1.22. The first-order valence-electron chi connectivity index (χ1n) is 21.3. The Kier molecular flexibility index (Phi) is 16.5. The molecular weight excluding hydrogens is 924 g/mol. The zero-order chi connectivity index (χ0) is 47.1. The summed E-state index contributed by atoms with van der Waals surface area (Å²) >= 11 is 24.0. The third-order valence-electron chi connectivity index (χ3n) is 12.0. The molecule has 0 unspecified atom stereocenters. The van der Waals surface area contributed by atoms with Crippen LogP contribution in [-0.4, -0.2) is 60.9 Å². The summed E-state index contributed by atoms with van der Waals surface area (Å²) in [5.41, 5.74) is 6.45. The van der Waals surface area contributed by atoms with Crippen molar-refractivity contribution in [3.05, 3.63) is 127 Å². The van der Waals surface area contributed by atoms with Gasteiger partial charge in [-0.05, 0) is 93.1 Å². The van der Waals surface area contributed by atoms with Gasteiger partial charge in [0.2, 0.25) is 5.91 Å². The van der Waals surface area contributed by atoms with E-state index in [0.717, 1.165) is 44.1 Å². The number of carbonyl (C=O) groups is 5. The maximum absolute atomic E-state index is 15.5. The topological polar surface area (TPSA) is 166 Å². The largest absolute Gasteiger partial charge is 0.465 e. The standard InChI is InChI=1S/C24H23Cl2FN2O3.C15H8Cl2FNO.C5H8O.C4H9NO2/c1-2-32-21(30)20-18(14-6-5-7-16(26)19(14)27)24(23(29-20)10-3-4-11-23)15-9-8-13(25)12-17(15)28-22(24)31;16-9-4-5-10-11(15(20)19-13(10)7-9)6-8-2-1-3-12(17)14(8)18;6-5-3-1-2-4-5;1-2-7-4(6)3-5/h5-9,12,18,20,29H,2-4,10-11H2,1H3,(H,28,31);1-7H,(H,19,20);1-4H2;2-3,5H2,1H3/t18-,20+,24+;;;/m0.../s1. The van der Waals surface area contributed by atoms with Crippen LogP contribution in [0.4, 0.5) is 20.2 Å². The molecule has 2 saturated carbocycles. The number of ketones is 1. The number of nitrogens with one attached hydrogen (secondary N) is 3. The summed E-state index contributed by atoms with van der Waals surface area (Å²) in [7, 11) is 0. The monoisotopic (exact) mass is 970 g/mol. The summed E-state index contributed by atoms with van der Waals surface area (Å²) in [6, 6.07) is 18.8. The van der Waals surface area contributed by atoms with E-state index in [2.05, 4.69) is 20.7 Å². The van der Waals surface area contributed by atoms with E-state index in [0.29, 0.717) is 57.8 Å². The molecule has 65 heavy (non-hydrogen) atoms. The number of fused-ring (bicyclic) bond motifs is 4. The highest BCUT2D eigenvalue weighted by Crippen LogP contribution is 2.63. The summed E-state index contributed by atoms with van der Waals surface area (Å²) in [6.07, 6.45) is 8.60. The molecule has 0 bridgehead atoms. The average molecular weight is 973 g/mol. The Labute approximate surface area is 395 Å². The zero-order valence-electron chi connectivity index (χ0n) is 35.6. The molecule has 11 nitrogen and oxygen atoms in total. The first kappa shape index (κ1) is 49.5. The van der Waals surface area contributed by atoms with E-state index in [1.165, 1.54) is 18.2 Å². The van der Waals surface area contributed by atoms with Gasteiger partial charge in [0.15, 0.2) is 0 Å². The Hall–Kier alpha value is -4.89. The number of nitrogens with two attached hydrogens (primary N) is 1. The Morgan fingerprint density at radius 1 is 0.785 bits per heavy atom. The van der Waals surface area contributed by atoms with Crippen LogP contribution in [0, 0.1) is 11.6 Å². The van der Waals surface area contributed by atoms with E-state index < -0.39 is 40.5 Å². The molecule has 344 valence electrons. The number of anilines is 2. The molecule has 2 spiro atoms. The van der Waals surface area contributed by atoms with Gasteiger partial charge in [-0.15, -0.1) is 0 Å². The van der Waals surface area contributed by atoms with Crippen molar-refractivity contribution in [2.45, 2.75) is 88.1 Å². The fourth-order valence-corrected chi connectivity index (χ4v) is 10.0. The second-order valence-corrected chi connectivity index (χ2v) is 17.5. The van der Waals surface area contributed by atoms with E-state index in [9.17, 15) is 28.4 Å². The van der Waals surface area contributed by atoms with Gasteiger partial charge in [0.05, 0.1) is 35.5 Å². The van der Waals surface area contributed by atoms with E-state index in [4.69, 9.17) is 56.9 Å². The highest BCUT2D eigenvalue weighted by molar-refractivity contribution is 6.37. The molecule has 2 aliphatic carbocycles. The number of benzene rings is 4. The molecule has 5 N–H and O–H groups in total. The summed E-state index contributed by atoms with van der Waals surface area (Å²) in [5.74, 6) is -2.97. The highest BCUT2D eigenvalue weighted by Gasteiger charge is 2.73. The van der Waals surface area contributed by atoms with Crippen LogP contribution in [0.15, 0.2) is 72.8 Å². The molecule has 17 heteroatoms. The van der Waals surface area contributed by atoms with Crippen LogP contribution in [0.25, 0.3) is 11.6 Å². The summed E-state index contributed by atoms with van der Waals surface area (Å²) in [4.78, 5) is 59.4. The van der Waals surface area contributed by atoms with Gasteiger partial charge in [-0.2, -0.15) is 0 Å². The molecular formula is C48H48Cl4F2N4O7. The molecule has 3 fully saturated rings. The van der Waals surface area contributed by atoms with Gasteiger partial charge in [0.1, 0.15) is 28.9 Å². The van der Waals surface area contributed by atoms with Crippen molar-refractivity contribution < 1.29 is 42.2 Å². The van der Waals surface area contributed by atoms with Gasteiger partial charge in [0.25, 0.3) is 5.91 Å². The predicted molar refractivity (Wildman–Crippen MR) is 249 cm³/mol. The van der Waals surface area contributed by atoms with Crippen molar-refractivity contribution in [2.75, 3.05) is 30.4 Å². The molecule has 4 aromatic rings. The van der Waals surface area contributed by atoms with Crippen molar-refractivity contribution in [3.8, 4) is 0 Å². The van der Waals surface area contributed by atoms with E-state index in [1.54, 1.807) is 68.4 Å². The van der Waals surface area contributed by atoms with Crippen LogP contribution < -0.4 is 21.7 Å². The quantitative estimate of drug-likeness (QED) is 0.109. The maximum atomic E-state index is 15.5. The van der Waals surface area contributed by atoms with Gasteiger partial charge < -0.3 is 25.8 Å². The Morgan fingerprint density at radius 2 is 1.40 bits per heavy atom. The van der Waals surface area contributed by atoms with Crippen LogP contribution in [0.3, 0.4) is 0 Å². The lowest BCUT2D eigenvalue weighted by atomic mass is 9.58.